The number of carboxylic acids is 1. The predicted molar refractivity (Wildman–Crippen MR) is 70.2 cm³/mol. The van der Waals surface area contributed by atoms with E-state index in [-0.39, 0.29) is 0 Å². The third kappa shape index (κ3) is 8.45. The van der Waals surface area contributed by atoms with E-state index < -0.39 is 18.0 Å². The average Bonchev–Trinajstić information content (AvgIpc) is 2.33. The molecule has 18 heavy (non-hydrogen) atoms. The fraction of sp³-hybridized carbons (Fsp3) is 0.692. The fourth-order valence-corrected chi connectivity index (χ4v) is 1.43. The topological polar surface area (TPSA) is 78.4 Å². The molecule has 0 bridgehead atoms. The second kappa shape index (κ2) is 10.5. The van der Waals surface area contributed by atoms with Gasteiger partial charge >= 0.3 is 12.0 Å². The van der Waals surface area contributed by atoms with Crippen LogP contribution in [0, 0.1) is 12.3 Å². The highest BCUT2D eigenvalue weighted by Gasteiger charge is 2.18. The third-order valence-electron chi connectivity index (χ3n) is 2.48. The van der Waals surface area contributed by atoms with Crippen LogP contribution in [0.3, 0.4) is 0 Å². The highest BCUT2D eigenvalue weighted by molar-refractivity contribution is 5.82. The molecule has 5 heteroatoms. The molecule has 0 unspecified atom stereocenters. The monoisotopic (exact) mass is 254 g/mol. The van der Waals surface area contributed by atoms with Crippen LogP contribution < -0.4 is 10.6 Å². The number of carbonyl (C=O) groups is 2. The van der Waals surface area contributed by atoms with Gasteiger partial charge < -0.3 is 15.7 Å². The Bertz CT molecular complexity index is 297. The summed E-state index contributed by atoms with van der Waals surface area (Å²) in [6.07, 6.45) is 9.58. The lowest BCUT2D eigenvalue weighted by molar-refractivity contribution is -0.139. The van der Waals surface area contributed by atoms with Crippen LogP contribution in [-0.4, -0.2) is 29.7 Å². The summed E-state index contributed by atoms with van der Waals surface area (Å²) in [6.45, 7) is 2.48. The number of hydrogen-bond donors (Lipinski definition) is 3. The molecule has 2 amide bonds. The Kier molecular flexibility index (Phi) is 9.47. The number of nitrogens with one attached hydrogen (secondary N) is 2. The molecule has 102 valence electrons. The summed E-state index contributed by atoms with van der Waals surface area (Å²) in [5, 5.41) is 14.0. The van der Waals surface area contributed by atoms with Crippen LogP contribution >= 0.6 is 0 Å². The van der Waals surface area contributed by atoms with Crippen LogP contribution in [-0.2, 0) is 4.79 Å². The van der Waals surface area contributed by atoms with Crippen molar-refractivity contribution in [1.82, 2.24) is 10.6 Å². The maximum atomic E-state index is 11.4. The van der Waals surface area contributed by atoms with Gasteiger partial charge in [-0.15, -0.1) is 12.3 Å². The summed E-state index contributed by atoms with van der Waals surface area (Å²) >= 11 is 0. The van der Waals surface area contributed by atoms with E-state index in [9.17, 15) is 9.59 Å². The Morgan fingerprint density at radius 1 is 1.33 bits per heavy atom. The molecule has 0 aromatic rings. The molecule has 5 nitrogen and oxygen atoms in total. The molecule has 0 radical (unpaired) electrons. The number of carbonyl (C=O) groups excluding carboxylic acids is 1. The van der Waals surface area contributed by atoms with Crippen molar-refractivity contribution in [1.29, 1.82) is 0 Å². The fourth-order valence-electron chi connectivity index (χ4n) is 1.43. The summed E-state index contributed by atoms with van der Waals surface area (Å²) in [7, 11) is 0. The van der Waals surface area contributed by atoms with Gasteiger partial charge in [0.2, 0.25) is 0 Å². The van der Waals surface area contributed by atoms with Crippen molar-refractivity contribution in [2.75, 3.05) is 6.54 Å². The first-order valence-electron chi connectivity index (χ1n) is 6.32. The number of carboxylic acid groups (broad SMARTS) is 1. The predicted octanol–water partition coefficient (Wildman–Crippen LogP) is 1.73. The Hall–Kier alpha value is -1.70. The number of aliphatic carboxylic acids is 1. The van der Waals surface area contributed by atoms with Gasteiger partial charge in [0, 0.05) is 13.0 Å². The average molecular weight is 254 g/mol. The van der Waals surface area contributed by atoms with E-state index in [1.54, 1.807) is 0 Å². The van der Waals surface area contributed by atoms with E-state index in [0.29, 0.717) is 19.4 Å². The molecule has 0 rings (SSSR count). The Morgan fingerprint density at radius 3 is 2.61 bits per heavy atom. The molecule has 0 saturated carbocycles. The lowest BCUT2D eigenvalue weighted by Gasteiger charge is -2.14. The first-order valence-corrected chi connectivity index (χ1v) is 6.32. The van der Waals surface area contributed by atoms with E-state index in [2.05, 4.69) is 16.6 Å². The number of amides is 2. The molecule has 0 aromatic carbocycles. The second-order valence-electron chi connectivity index (χ2n) is 4.09. The van der Waals surface area contributed by atoms with Crippen LogP contribution in [0.2, 0.25) is 0 Å². The van der Waals surface area contributed by atoms with Gasteiger partial charge in [-0.3, -0.25) is 0 Å². The maximum absolute atomic E-state index is 11.4. The van der Waals surface area contributed by atoms with E-state index in [4.69, 9.17) is 11.5 Å². The standard InChI is InChI=1S/C13H22N2O3/c1-3-5-7-8-10-14-13(18)15-11(12(16)17)9-6-4-2/h1,11H,4-10H2,2H3,(H,16,17)(H2,14,15,18)/t11-/m0/s1. The molecule has 0 aliphatic heterocycles. The molecule has 0 saturated heterocycles. The van der Waals surface area contributed by atoms with Gasteiger partial charge in [-0.05, 0) is 19.3 Å². The van der Waals surface area contributed by atoms with Crippen LogP contribution in [0.15, 0.2) is 0 Å². The lowest BCUT2D eigenvalue weighted by atomic mass is 10.1. The number of rotatable bonds is 9. The maximum Gasteiger partial charge on any atom is 0.326 e. The third-order valence-corrected chi connectivity index (χ3v) is 2.48. The van der Waals surface area contributed by atoms with Crippen molar-refractivity contribution in [3.05, 3.63) is 0 Å². The second-order valence-corrected chi connectivity index (χ2v) is 4.09. The zero-order valence-corrected chi connectivity index (χ0v) is 10.9. The highest BCUT2D eigenvalue weighted by Crippen LogP contribution is 2.00. The van der Waals surface area contributed by atoms with Crippen LogP contribution in [0.25, 0.3) is 0 Å². The molecule has 0 aliphatic carbocycles. The molecular formula is C13H22N2O3. The van der Waals surface area contributed by atoms with E-state index in [0.717, 1.165) is 25.7 Å². The van der Waals surface area contributed by atoms with Crippen molar-refractivity contribution in [2.24, 2.45) is 0 Å². The van der Waals surface area contributed by atoms with Gasteiger partial charge in [0.25, 0.3) is 0 Å². The van der Waals surface area contributed by atoms with Crippen molar-refractivity contribution in [3.8, 4) is 12.3 Å². The Labute approximate surface area is 108 Å². The number of urea groups is 1. The minimum Gasteiger partial charge on any atom is -0.480 e. The van der Waals surface area contributed by atoms with Gasteiger partial charge in [0.05, 0.1) is 0 Å². The summed E-state index contributed by atoms with van der Waals surface area (Å²) < 4.78 is 0. The number of terminal acetylenes is 1. The normalized spacial score (nSPS) is 11.3. The van der Waals surface area contributed by atoms with Gasteiger partial charge in [-0.25, -0.2) is 9.59 Å². The van der Waals surface area contributed by atoms with E-state index in [1.807, 2.05) is 6.92 Å². The molecule has 0 aromatic heterocycles. The smallest absolute Gasteiger partial charge is 0.326 e. The van der Waals surface area contributed by atoms with Gasteiger partial charge in [-0.2, -0.15) is 0 Å². The first kappa shape index (κ1) is 16.3. The minimum absolute atomic E-state index is 0.431. The van der Waals surface area contributed by atoms with Crippen LogP contribution in [0.4, 0.5) is 4.79 Å². The summed E-state index contributed by atoms with van der Waals surface area (Å²) in [6, 6.07) is -1.24. The molecule has 0 fully saturated rings. The molecule has 1 atom stereocenters. The van der Waals surface area contributed by atoms with E-state index in [1.165, 1.54) is 0 Å². The van der Waals surface area contributed by atoms with Gasteiger partial charge in [-0.1, -0.05) is 19.8 Å². The minimum atomic E-state index is -0.995. The summed E-state index contributed by atoms with van der Waals surface area (Å²) in [5.41, 5.74) is 0. The Balaban J connectivity index is 3.81. The SMILES string of the molecule is C#CCCCCNC(=O)N[C@@H](CCCC)C(=O)O. The first-order chi connectivity index (χ1) is 8.61. The molecular weight excluding hydrogens is 232 g/mol. The van der Waals surface area contributed by atoms with Crippen molar-refractivity contribution >= 4 is 12.0 Å². The molecule has 3 N–H and O–H groups in total. The number of hydrogen-bond acceptors (Lipinski definition) is 2. The summed E-state index contributed by atoms with van der Waals surface area (Å²) in [4.78, 5) is 22.3. The van der Waals surface area contributed by atoms with Crippen LogP contribution in [0.1, 0.15) is 45.4 Å². The van der Waals surface area contributed by atoms with Gasteiger partial charge in [0.15, 0.2) is 0 Å². The molecule has 0 heterocycles. The van der Waals surface area contributed by atoms with Gasteiger partial charge in [0.1, 0.15) is 6.04 Å². The quantitative estimate of drug-likeness (QED) is 0.433. The van der Waals surface area contributed by atoms with Crippen LogP contribution in [0.5, 0.6) is 0 Å². The Morgan fingerprint density at radius 2 is 2.06 bits per heavy atom. The largest absolute Gasteiger partial charge is 0.480 e. The molecule has 0 spiro atoms. The van der Waals surface area contributed by atoms with Crippen molar-refractivity contribution in [3.63, 3.8) is 0 Å². The number of unbranched alkanes of at least 4 members (excludes halogenated alkanes) is 3. The zero-order chi connectivity index (χ0) is 13.8. The van der Waals surface area contributed by atoms with Crippen molar-refractivity contribution < 1.29 is 14.7 Å². The lowest BCUT2D eigenvalue weighted by Crippen LogP contribution is -2.46. The van der Waals surface area contributed by atoms with Crippen molar-refractivity contribution in [2.45, 2.75) is 51.5 Å². The molecule has 0 aliphatic rings. The zero-order valence-electron chi connectivity index (χ0n) is 10.9. The highest BCUT2D eigenvalue weighted by atomic mass is 16.4. The summed E-state index contributed by atoms with van der Waals surface area (Å²) in [5.74, 6) is 1.53. The van der Waals surface area contributed by atoms with E-state index >= 15 is 0 Å².